The number of nitrogens with two attached hydrogens (primary N) is 1. The van der Waals surface area contributed by atoms with E-state index in [0.29, 0.717) is 0 Å². The molecule has 0 fully saturated rings. The van der Waals surface area contributed by atoms with Gasteiger partial charge in [0.05, 0.1) is 11.3 Å². The number of nitrogens with zero attached hydrogens (tertiary/aromatic N) is 3. The molecule has 0 saturated heterocycles. The minimum atomic E-state index is 0.133. The molecule has 0 aliphatic carbocycles. The lowest BCUT2D eigenvalue weighted by molar-refractivity contribution is 0.318. The molecule has 17 heavy (non-hydrogen) atoms. The van der Waals surface area contributed by atoms with Gasteiger partial charge in [0.1, 0.15) is 5.03 Å². The molecule has 1 rings (SSSR count). The zero-order valence-electron chi connectivity index (χ0n) is 10.6. The fourth-order valence-electron chi connectivity index (χ4n) is 1.67. The molecule has 0 aliphatic rings. The van der Waals surface area contributed by atoms with Gasteiger partial charge in [-0.1, -0.05) is 24.9 Å². The minimum Gasteiger partial charge on any atom is -0.409 e. The molecular weight excluding hydrogens is 236 g/mol. The number of hydrogen-bond acceptors (Lipinski definition) is 4. The summed E-state index contributed by atoms with van der Waals surface area (Å²) in [6, 6.07) is 0. The van der Waals surface area contributed by atoms with Crippen LogP contribution in [0.25, 0.3) is 0 Å². The summed E-state index contributed by atoms with van der Waals surface area (Å²) in [6.45, 7) is 4.05. The topological polar surface area (TPSA) is 76.4 Å². The molecule has 6 heteroatoms. The molecule has 0 aromatic carbocycles. The summed E-state index contributed by atoms with van der Waals surface area (Å²) in [7, 11) is 1.88. The highest BCUT2D eigenvalue weighted by Crippen LogP contribution is 2.25. The van der Waals surface area contributed by atoms with E-state index < -0.39 is 0 Å². The molecule has 0 bridgehead atoms. The largest absolute Gasteiger partial charge is 0.409 e. The maximum atomic E-state index is 8.77. The molecule has 1 aromatic rings. The second-order valence-electron chi connectivity index (χ2n) is 3.93. The van der Waals surface area contributed by atoms with Crippen molar-refractivity contribution in [2.75, 3.05) is 5.75 Å². The molecule has 1 aromatic heterocycles. The zero-order chi connectivity index (χ0) is 12.8. The number of amidine groups is 1. The Labute approximate surface area is 106 Å². The molecule has 0 saturated carbocycles. The Morgan fingerprint density at radius 1 is 1.53 bits per heavy atom. The molecule has 0 aliphatic heterocycles. The highest BCUT2D eigenvalue weighted by Gasteiger charge is 2.17. The molecular formula is C11H20N4OS. The summed E-state index contributed by atoms with van der Waals surface area (Å²) in [5.74, 6) is 1.16. The van der Waals surface area contributed by atoms with Crippen LogP contribution >= 0.6 is 11.8 Å². The molecule has 0 radical (unpaired) electrons. The van der Waals surface area contributed by atoms with E-state index in [9.17, 15) is 0 Å². The lowest BCUT2D eigenvalue weighted by Gasteiger charge is -2.04. The van der Waals surface area contributed by atoms with Crippen molar-refractivity contribution in [1.82, 2.24) is 9.78 Å². The Balaban J connectivity index is 2.83. The van der Waals surface area contributed by atoms with E-state index in [1.165, 1.54) is 19.3 Å². The summed E-state index contributed by atoms with van der Waals surface area (Å²) in [4.78, 5) is 0. The van der Waals surface area contributed by atoms with E-state index in [-0.39, 0.29) is 5.84 Å². The summed E-state index contributed by atoms with van der Waals surface area (Å²) in [6.07, 6.45) is 3.60. The van der Waals surface area contributed by atoms with E-state index in [1.54, 1.807) is 16.4 Å². The van der Waals surface area contributed by atoms with E-state index in [1.807, 2.05) is 14.0 Å². The van der Waals surface area contributed by atoms with Crippen LogP contribution in [-0.2, 0) is 7.05 Å². The summed E-state index contributed by atoms with van der Waals surface area (Å²) in [5, 5.41) is 17.1. The smallest absolute Gasteiger partial charge is 0.174 e. The van der Waals surface area contributed by atoms with Crippen molar-refractivity contribution in [2.45, 2.75) is 38.1 Å². The lowest BCUT2D eigenvalue weighted by atomic mass is 10.2. The van der Waals surface area contributed by atoms with E-state index in [0.717, 1.165) is 22.0 Å². The van der Waals surface area contributed by atoms with Crippen molar-refractivity contribution in [1.29, 1.82) is 0 Å². The molecule has 0 spiro atoms. The number of aryl methyl sites for hydroxylation is 2. The Morgan fingerprint density at radius 3 is 2.82 bits per heavy atom. The maximum Gasteiger partial charge on any atom is 0.174 e. The highest BCUT2D eigenvalue weighted by molar-refractivity contribution is 7.99. The van der Waals surface area contributed by atoms with Gasteiger partial charge < -0.3 is 10.9 Å². The SMILES string of the molecule is CCCCCSc1c(C(N)=NO)c(C)nn1C. The Morgan fingerprint density at radius 2 is 2.24 bits per heavy atom. The van der Waals surface area contributed by atoms with Crippen LogP contribution < -0.4 is 5.73 Å². The van der Waals surface area contributed by atoms with Crippen LogP contribution in [0.5, 0.6) is 0 Å². The van der Waals surface area contributed by atoms with Gasteiger partial charge >= 0.3 is 0 Å². The third-order valence-electron chi connectivity index (χ3n) is 2.52. The fourth-order valence-corrected chi connectivity index (χ4v) is 2.83. The normalized spacial score (nSPS) is 12.1. The molecule has 0 amide bonds. The number of hydrogen-bond donors (Lipinski definition) is 2. The second-order valence-corrected chi connectivity index (χ2v) is 5.01. The van der Waals surface area contributed by atoms with Gasteiger partial charge in [0.25, 0.3) is 0 Å². The van der Waals surface area contributed by atoms with Crippen LogP contribution in [0.3, 0.4) is 0 Å². The fraction of sp³-hybridized carbons (Fsp3) is 0.636. The highest BCUT2D eigenvalue weighted by atomic mass is 32.2. The van der Waals surface area contributed by atoms with Gasteiger partial charge in [-0.3, -0.25) is 4.68 Å². The first-order chi connectivity index (χ1) is 8.11. The van der Waals surface area contributed by atoms with Crippen LogP contribution in [0.1, 0.15) is 37.4 Å². The van der Waals surface area contributed by atoms with Gasteiger partial charge in [-0.15, -0.1) is 11.8 Å². The Kier molecular flexibility index (Phi) is 5.34. The average Bonchev–Trinajstić information content (AvgIpc) is 2.59. The monoisotopic (exact) mass is 256 g/mol. The van der Waals surface area contributed by atoms with E-state index in [2.05, 4.69) is 17.2 Å². The third kappa shape index (κ3) is 3.39. The van der Waals surface area contributed by atoms with Gasteiger partial charge in [-0.25, -0.2) is 0 Å². The standard InChI is InChI=1S/C11H20N4OS/c1-4-5-6-7-17-11-9(10(12)14-16)8(2)13-15(11)3/h16H,4-7H2,1-3H3,(H2,12,14). The summed E-state index contributed by atoms with van der Waals surface area (Å²) >= 11 is 1.71. The van der Waals surface area contributed by atoms with Crippen molar-refractivity contribution in [3.8, 4) is 0 Å². The number of oxime groups is 1. The first kappa shape index (κ1) is 13.9. The van der Waals surface area contributed by atoms with Crippen LogP contribution in [0.2, 0.25) is 0 Å². The quantitative estimate of drug-likeness (QED) is 0.204. The van der Waals surface area contributed by atoms with E-state index in [4.69, 9.17) is 10.9 Å². The zero-order valence-corrected chi connectivity index (χ0v) is 11.4. The first-order valence-corrected chi connectivity index (χ1v) is 6.74. The van der Waals surface area contributed by atoms with Crippen LogP contribution in [0, 0.1) is 6.92 Å². The van der Waals surface area contributed by atoms with Gasteiger partial charge in [-0.05, 0) is 19.1 Å². The molecule has 0 unspecified atom stereocenters. The second kappa shape index (κ2) is 6.54. The van der Waals surface area contributed by atoms with Crippen molar-refractivity contribution in [2.24, 2.45) is 17.9 Å². The average molecular weight is 256 g/mol. The summed E-state index contributed by atoms with van der Waals surface area (Å²) < 4.78 is 1.79. The van der Waals surface area contributed by atoms with Gasteiger partial charge in [-0.2, -0.15) is 5.10 Å². The Hall–Kier alpha value is -1.17. The molecule has 5 nitrogen and oxygen atoms in total. The Bertz CT molecular complexity index is 400. The van der Waals surface area contributed by atoms with Crippen LogP contribution in [0.15, 0.2) is 10.2 Å². The maximum absolute atomic E-state index is 8.77. The van der Waals surface area contributed by atoms with Crippen LogP contribution in [0.4, 0.5) is 0 Å². The van der Waals surface area contributed by atoms with Gasteiger partial charge in [0.2, 0.25) is 0 Å². The predicted molar refractivity (Wildman–Crippen MR) is 70.7 cm³/mol. The number of thioether (sulfide) groups is 1. The van der Waals surface area contributed by atoms with Gasteiger partial charge in [0, 0.05) is 7.05 Å². The van der Waals surface area contributed by atoms with E-state index >= 15 is 0 Å². The molecule has 1 heterocycles. The van der Waals surface area contributed by atoms with Crippen molar-refractivity contribution >= 4 is 17.6 Å². The minimum absolute atomic E-state index is 0.133. The molecule has 96 valence electrons. The number of unbranched alkanes of at least 4 members (excludes halogenated alkanes) is 2. The molecule has 0 atom stereocenters. The number of aromatic nitrogens is 2. The van der Waals surface area contributed by atoms with Crippen LogP contribution in [-0.4, -0.2) is 26.6 Å². The number of rotatable bonds is 6. The van der Waals surface area contributed by atoms with Gasteiger partial charge in [0.15, 0.2) is 5.84 Å². The molecule has 3 N–H and O–H groups in total. The third-order valence-corrected chi connectivity index (χ3v) is 3.75. The van der Waals surface area contributed by atoms with Crippen molar-refractivity contribution < 1.29 is 5.21 Å². The predicted octanol–water partition coefficient (Wildman–Crippen LogP) is 2.11. The lowest BCUT2D eigenvalue weighted by Crippen LogP contribution is -2.15. The van der Waals surface area contributed by atoms with Crippen molar-refractivity contribution in [3.05, 3.63) is 11.3 Å². The van der Waals surface area contributed by atoms with Crippen molar-refractivity contribution in [3.63, 3.8) is 0 Å². The first-order valence-electron chi connectivity index (χ1n) is 5.76. The summed E-state index contributed by atoms with van der Waals surface area (Å²) in [5.41, 5.74) is 7.21.